The molecule has 0 spiro atoms. The summed E-state index contributed by atoms with van der Waals surface area (Å²) in [5, 5.41) is 2.06. The molecule has 0 aromatic carbocycles. The first kappa shape index (κ1) is 13.2. The summed E-state index contributed by atoms with van der Waals surface area (Å²) in [6.07, 6.45) is 6.02. The monoisotopic (exact) mass is 287 g/mol. The first-order valence-corrected chi connectivity index (χ1v) is 7.82. The zero-order valence-corrected chi connectivity index (χ0v) is 12.3. The second-order valence-electron chi connectivity index (χ2n) is 4.95. The fraction of sp³-hybridized carbons (Fsp3) is 0.400. The van der Waals surface area contributed by atoms with Gasteiger partial charge in [0, 0.05) is 17.6 Å². The smallest absolute Gasteiger partial charge is 0.257 e. The second-order valence-corrected chi connectivity index (χ2v) is 5.93. The normalized spacial score (nSPS) is 17.9. The molecule has 2 aromatic rings. The maximum Gasteiger partial charge on any atom is 0.257 e. The Morgan fingerprint density at radius 3 is 3.10 bits per heavy atom. The summed E-state index contributed by atoms with van der Waals surface area (Å²) in [7, 11) is 0. The lowest BCUT2D eigenvalue weighted by Gasteiger charge is -2.40. The van der Waals surface area contributed by atoms with Gasteiger partial charge in [0.2, 0.25) is 0 Å². The topological polar surface area (TPSA) is 46.1 Å². The number of rotatable bonds is 4. The van der Waals surface area contributed by atoms with E-state index in [0.717, 1.165) is 31.5 Å². The van der Waals surface area contributed by atoms with Crippen molar-refractivity contribution in [1.29, 1.82) is 0 Å². The Hall–Kier alpha value is -1.75. The van der Waals surface area contributed by atoms with Gasteiger partial charge in [-0.2, -0.15) is 0 Å². The average molecular weight is 287 g/mol. The number of likely N-dealkylation sites (tertiary alicyclic amines) is 1. The van der Waals surface area contributed by atoms with Crippen LogP contribution in [0.1, 0.15) is 46.7 Å². The van der Waals surface area contributed by atoms with Crippen molar-refractivity contribution < 1.29 is 4.79 Å². The fourth-order valence-corrected chi connectivity index (χ4v) is 3.41. The molecule has 0 unspecified atom stereocenters. The van der Waals surface area contributed by atoms with Crippen molar-refractivity contribution in [3.05, 3.63) is 46.2 Å². The van der Waals surface area contributed by atoms with Gasteiger partial charge in [0.25, 0.3) is 5.91 Å². The molecular weight excluding hydrogens is 270 g/mol. The minimum atomic E-state index is 0.0682. The third-order valence-corrected chi connectivity index (χ3v) is 4.64. The van der Waals surface area contributed by atoms with Gasteiger partial charge in [-0.1, -0.05) is 19.4 Å². The lowest BCUT2D eigenvalue weighted by atomic mass is 9.99. The molecule has 2 aromatic heterocycles. The zero-order chi connectivity index (χ0) is 13.9. The van der Waals surface area contributed by atoms with Crippen LogP contribution < -0.4 is 0 Å². The van der Waals surface area contributed by atoms with E-state index in [1.54, 1.807) is 17.5 Å². The largest absolute Gasteiger partial charge is 0.331 e. The number of nitrogens with zero attached hydrogens (tertiary/aromatic N) is 3. The van der Waals surface area contributed by atoms with E-state index in [9.17, 15) is 4.79 Å². The number of aryl methyl sites for hydroxylation is 1. The summed E-state index contributed by atoms with van der Waals surface area (Å²) in [5.41, 5.74) is 1.53. The summed E-state index contributed by atoms with van der Waals surface area (Å²) >= 11 is 1.71. The lowest BCUT2D eigenvalue weighted by molar-refractivity contribution is 0.0465. The van der Waals surface area contributed by atoms with Crippen molar-refractivity contribution in [1.82, 2.24) is 14.9 Å². The quantitative estimate of drug-likeness (QED) is 0.868. The molecule has 3 heterocycles. The predicted octanol–water partition coefficient (Wildman–Crippen LogP) is 3.08. The van der Waals surface area contributed by atoms with Crippen molar-refractivity contribution >= 4 is 17.2 Å². The number of hydrogen-bond acceptors (Lipinski definition) is 4. The van der Waals surface area contributed by atoms with Gasteiger partial charge in [0.05, 0.1) is 17.3 Å². The summed E-state index contributed by atoms with van der Waals surface area (Å²) in [6.45, 7) is 2.91. The highest BCUT2D eigenvalue weighted by molar-refractivity contribution is 7.10. The van der Waals surface area contributed by atoms with Crippen molar-refractivity contribution in [2.45, 2.75) is 32.2 Å². The van der Waals surface area contributed by atoms with E-state index in [2.05, 4.69) is 28.3 Å². The summed E-state index contributed by atoms with van der Waals surface area (Å²) in [6, 6.07) is 4.37. The molecule has 0 bridgehead atoms. The van der Waals surface area contributed by atoms with Crippen LogP contribution in [0.4, 0.5) is 0 Å². The van der Waals surface area contributed by atoms with E-state index < -0.39 is 0 Å². The van der Waals surface area contributed by atoms with Crippen LogP contribution in [0.2, 0.25) is 0 Å². The lowest BCUT2D eigenvalue weighted by Crippen LogP contribution is -2.45. The van der Waals surface area contributed by atoms with Crippen LogP contribution >= 0.6 is 11.3 Å². The SMILES string of the molecule is CCCc1ncncc1C(=O)N1CC[C@@H]1c1cccs1. The van der Waals surface area contributed by atoms with Crippen molar-refractivity contribution in [3.63, 3.8) is 0 Å². The number of carbonyl (C=O) groups is 1. The molecule has 0 saturated carbocycles. The molecule has 1 atom stereocenters. The molecule has 0 N–H and O–H groups in total. The van der Waals surface area contributed by atoms with E-state index in [0.29, 0.717) is 5.56 Å². The number of carbonyl (C=O) groups excluding carboxylic acids is 1. The predicted molar refractivity (Wildman–Crippen MR) is 78.7 cm³/mol. The molecule has 1 aliphatic rings. The van der Waals surface area contributed by atoms with E-state index in [1.807, 2.05) is 11.0 Å². The first-order chi connectivity index (χ1) is 9.81. The average Bonchev–Trinajstić information content (AvgIpc) is 2.92. The summed E-state index contributed by atoms with van der Waals surface area (Å²) in [4.78, 5) is 24.2. The van der Waals surface area contributed by atoms with E-state index >= 15 is 0 Å². The molecule has 1 amide bonds. The standard InChI is InChI=1S/C15H17N3OS/c1-2-4-12-11(9-16-10-17-12)15(19)18-7-6-13(18)14-5-3-8-20-14/h3,5,8-10,13H,2,4,6-7H2,1H3/t13-/m1/s1. The summed E-state index contributed by atoms with van der Waals surface area (Å²) < 4.78 is 0. The highest BCUT2D eigenvalue weighted by Crippen LogP contribution is 2.36. The van der Waals surface area contributed by atoms with Gasteiger partial charge in [0.15, 0.2) is 0 Å². The Labute approximate surface area is 122 Å². The molecular formula is C15H17N3OS. The number of aromatic nitrogens is 2. The third kappa shape index (κ3) is 2.33. The number of thiophene rings is 1. The van der Waals surface area contributed by atoms with Gasteiger partial charge in [-0.15, -0.1) is 11.3 Å². The maximum atomic E-state index is 12.7. The van der Waals surface area contributed by atoms with Crippen LogP contribution in [-0.4, -0.2) is 27.3 Å². The molecule has 0 aliphatic carbocycles. The molecule has 1 saturated heterocycles. The fourth-order valence-electron chi connectivity index (χ4n) is 2.53. The van der Waals surface area contributed by atoms with Crippen LogP contribution in [0.5, 0.6) is 0 Å². The van der Waals surface area contributed by atoms with Gasteiger partial charge < -0.3 is 4.90 Å². The van der Waals surface area contributed by atoms with Crippen molar-refractivity contribution in [2.24, 2.45) is 0 Å². The molecule has 1 fully saturated rings. The van der Waals surface area contributed by atoms with Crippen LogP contribution in [0.3, 0.4) is 0 Å². The Bertz CT molecular complexity index is 597. The first-order valence-electron chi connectivity index (χ1n) is 6.94. The van der Waals surface area contributed by atoms with Crippen molar-refractivity contribution in [2.75, 3.05) is 6.54 Å². The highest BCUT2D eigenvalue weighted by Gasteiger charge is 2.35. The Morgan fingerprint density at radius 1 is 1.55 bits per heavy atom. The highest BCUT2D eigenvalue weighted by atomic mass is 32.1. The van der Waals surface area contributed by atoms with Crippen LogP contribution in [0, 0.1) is 0 Å². The van der Waals surface area contributed by atoms with Gasteiger partial charge >= 0.3 is 0 Å². The van der Waals surface area contributed by atoms with Crippen molar-refractivity contribution in [3.8, 4) is 0 Å². The van der Waals surface area contributed by atoms with Crippen LogP contribution in [-0.2, 0) is 6.42 Å². The van der Waals surface area contributed by atoms with E-state index in [4.69, 9.17) is 0 Å². The van der Waals surface area contributed by atoms with E-state index in [1.165, 1.54) is 11.2 Å². The van der Waals surface area contributed by atoms with Gasteiger partial charge in [-0.05, 0) is 24.3 Å². The molecule has 3 rings (SSSR count). The minimum absolute atomic E-state index is 0.0682. The Balaban J connectivity index is 1.83. The van der Waals surface area contributed by atoms with Crippen LogP contribution in [0.25, 0.3) is 0 Å². The molecule has 0 radical (unpaired) electrons. The minimum Gasteiger partial charge on any atom is -0.331 e. The Morgan fingerprint density at radius 2 is 2.45 bits per heavy atom. The van der Waals surface area contributed by atoms with Gasteiger partial charge in [-0.25, -0.2) is 9.97 Å². The molecule has 104 valence electrons. The zero-order valence-electron chi connectivity index (χ0n) is 11.5. The van der Waals surface area contributed by atoms with Gasteiger partial charge in [0.1, 0.15) is 6.33 Å². The second kappa shape index (κ2) is 5.71. The molecule has 1 aliphatic heterocycles. The van der Waals surface area contributed by atoms with Crippen LogP contribution in [0.15, 0.2) is 30.0 Å². The molecule has 5 heteroatoms. The molecule has 20 heavy (non-hydrogen) atoms. The maximum absolute atomic E-state index is 12.7. The summed E-state index contributed by atoms with van der Waals surface area (Å²) in [5.74, 6) is 0.0682. The van der Waals surface area contributed by atoms with E-state index in [-0.39, 0.29) is 11.9 Å². The number of hydrogen-bond donors (Lipinski definition) is 0. The molecule has 4 nitrogen and oxygen atoms in total. The Kier molecular flexibility index (Phi) is 3.78. The number of amides is 1. The third-order valence-electron chi connectivity index (χ3n) is 3.66. The van der Waals surface area contributed by atoms with Gasteiger partial charge in [-0.3, -0.25) is 4.79 Å².